The molecule has 0 bridgehead atoms. The number of benzene rings is 2. The van der Waals surface area contributed by atoms with Crippen LogP contribution in [-0.2, 0) is 11.2 Å². The smallest absolute Gasteiger partial charge is 0.338 e. The fourth-order valence-corrected chi connectivity index (χ4v) is 3.20. The van der Waals surface area contributed by atoms with Gasteiger partial charge in [0.25, 0.3) is 0 Å². The molecule has 0 atom stereocenters. The first kappa shape index (κ1) is 21.2. The zero-order valence-electron chi connectivity index (χ0n) is 17.0. The van der Waals surface area contributed by atoms with E-state index in [9.17, 15) is 4.79 Å². The molecule has 0 fully saturated rings. The van der Waals surface area contributed by atoms with Crippen LogP contribution in [0.15, 0.2) is 48.5 Å². The number of ether oxygens (including phenoxy) is 1. The van der Waals surface area contributed by atoms with Gasteiger partial charge >= 0.3 is 5.97 Å². The van der Waals surface area contributed by atoms with Crippen molar-refractivity contribution in [3.8, 4) is 11.1 Å². The summed E-state index contributed by atoms with van der Waals surface area (Å²) in [5.41, 5.74) is 4.35. The summed E-state index contributed by atoms with van der Waals surface area (Å²) in [6.45, 7) is 4.93. The Hall–Kier alpha value is -2.09. The van der Waals surface area contributed by atoms with Crippen LogP contribution in [-0.4, -0.2) is 12.6 Å². The van der Waals surface area contributed by atoms with E-state index in [2.05, 4.69) is 38.1 Å². The number of rotatable bonds is 12. The quantitative estimate of drug-likeness (QED) is 0.293. The minimum Gasteiger partial charge on any atom is -0.462 e. The van der Waals surface area contributed by atoms with Gasteiger partial charge in [0.15, 0.2) is 0 Å². The van der Waals surface area contributed by atoms with Crippen LogP contribution < -0.4 is 0 Å². The highest BCUT2D eigenvalue weighted by Crippen LogP contribution is 2.21. The van der Waals surface area contributed by atoms with E-state index in [4.69, 9.17) is 4.74 Å². The molecule has 0 aromatic heterocycles. The van der Waals surface area contributed by atoms with E-state index in [1.165, 1.54) is 49.7 Å². The predicted molar refractivity (Wildman–Crippen MR) is 114 cm³/mol. The minimum atomic E-state index is -0.222. The first-order chi connectivity index (χ1) is 13.2. The Morgan fingerprint density at radius 3 is 1.85 bits per heavy atom. The number of esters is 1. The lowest BCUT2D eigenvalue weighted by Gasteiger charge is -2.07. The third-order valence-electron chi connectivity index (χ3n) is 4.96. The van der Waals surface area contributed by atoms with Crippen LogP contribution in [0.4, 0.5) is 0 Å². The highest BCUT2D eigenvalue weighted by molar-refractivity contribution is 5.90. The van der Waals surface area contributed by atoms with Gasteiger partial charge in [-0.15, -0.1) is 0 Å². The van der Waals surface area contributed by atoms with Gasteiger partial charge in [-0.25, -0.2) is 4.79 Å². The van der Waals surface area contributed by atoms with E-state index >= 15 is 0 Å². The maximum Gasteiger partial charge on any atom is 0.338 e. The van der Waals surface area contributed by atoms with Crippen LogP contribution in [0, 0.1) is 0 Å². The van der Waals surface area contributed by atoms with Crippen molar-refractivity contribution in [2.45, 2.75) is 71.6 Å². The minimum absolute atomic E-state index is 0.222. The van der Waals surface area contributed by atoms with Gasteiger partial charge in [-0.05, 0) is 48.1 Å². The second-order valence-electron chi connectivity index (χ2n) is 7.28. The number of hydrogen-bond donors (Lipinski definition) is 0. The first-order valence-corrected chi connectivity index (χ1v) is 10.6. The van der Waals surface area contributed by atoms with Crippen molar-refractivity contribution in [2.75, 3.05) is 6.61 Å². The third-order valence-corrected chi connectivity index (χ3v) is 4.96. The summed E-state index contributed by atoms with van der Waals surface area (Å²) in [5, 5.41) is 0. The highest BCUT2D eigenvalue weighted by Gasteiger charge is 2.07. The summed E-state index contributed by atoms with van der Waals surface area (Å²) in [4.78, 5) is 12.1. The van der Waals surface area contributed by atoms with Crippen molar-refractivity contribution in [3.05, 3.63) is 59.7 Å². The van der Waals surface area contributed by atoms with Gasteiger partial charge in [0.05, 0.1) is 12.2 Å². The molecule has 0 N–H and O–H groups in total. The maximum atomic E-state index is 12.1. The second kappa shape index (κ2) is 12.3. The van der Waals surface area contributed by atoms with Crippen molar-refractivity contribution in [3.63, 3.8) is 0 Å². The van der Waals surface area contributed by atoms with E-state index in [1.54, 1.807) is 0 Å². The van der Waals surface area contributed by atoms with Crippen LogP contribution in [0.25, 0.3) is 11.1 Å². The van der Waals surface area contributed by atoms with Crippen molar-refractivity contribution >= 4 is 5.97 Å². The summed E-state index contributed by atoms with van der Waals surface area (Å²) in [7, 11) is 0. The van der Waals surface area contributed by atoms with E-state index in [1.807, 2.05) is 24.3 Å². The molecular formula is C25H34O2. The first-order valence-electron chi connectivity index (χ1n) is 10.6. The van der Waals surface area contributed by atoms with Crippen molar-refractivity contribution in [1.82, 2.24) is 0 Å². The van der Waals surface area contributed by atoms with Gasteiger partial charge in [0.2, 0.25) is 0 Å². The predicted octanol–water partition coefficient (Wildman–Crippen LogP) is 7.21. The monoisotopic (exact) mass is 366 g/mol. The van der Waals surface area contributed by atoms with Gasteiger partial charge in [0.1, 0.15) is 0 Å². The molecule has 0 amide bonds. The van der Waals surface area contributed by atoms with Gasteiger partial charge < -0.3 is 4.74 Å². The molecule has 27 heavy (non-hydrogen) atoms. The van der Waals surface area contributed by atoms with Crippen LogP contribution >= 0.6 is 0 Å². The van der Waals surface area contributed by atoms with E-state index in [-0.39, 0.29) is 5.97 Å². The molecule has 146 valence electrons. The fraction of sp³-hybridized carbons (Fsp3) is 0.480. The lowest BCUT2D eigenvalue weighted by Crippen LogP contribution is -2.06. The third kappa shape index (κ3) is 7.58. The van der Waals surface area contributed by atoms with Crippen molar-refractivity contribution in [2.24, 2.45) is 0 Å². The Labute approximate surface area is 165 Å². The molecule has 0 saturated heterocycles. The summed E-state index contributed by atoms with van der Waals surface area (Å²) >= 11 is 0. The van der Waals surface area contributed by atoms with Crippen molar-refractivity contribution in [1.29, 1.82) is 0 Å². The summed E-state index contributed by atoms with van der Waals surface area (Å²) in [5.74, 6) is -0.222. The van der Waals surface area contributed by atoms with E-state index in [0.717, 1.165) is 24.8 Å². The molecule has 2 aromatic carbocycles. The average molecular weight is 367 g/mol. The van der Waals surface area contributed by atoms with E-state index < -0.39 is 0 Å². The lowest BCUT2D eigenvalue weighted by molar-refractivity contribution is 0.0498. The lowest BCUT2D eigenvalue weighted by atomic mass is 10.0. The van der Waals surface area contributed by atoms with Gasteiger partial charge in [-0.2, -0.15) is 0 Å². The molecule has 0 spiro atoms. The number of carbonyl (C=O) groups is 1. The number of carbonyl (C=O) groups excluding carboxylic acids is 1. The molecule has 2 heteroatoms. The highest BCUT2D eigenvalue weighted by atomic mass is 16.5. The Bertz CT molecular complexity index is 656. The fourth-order valence-electron chi connectivity index (χ4n) is 3.20. The molecule has 2 rings (SSSR count). The Morgan fingerprint density at radius 2 is 1.26 bits per heavy atom. The van der Waals surface area contributed by atoms with Crippen molar-refractivity contribution < 1.29 is 9.53 Å². The molecule has 0 aliphatic rings. The molecule has 0 saturated carbocycles. The zero-order chi connectivity index (χ0) is 19.3. The largest absolute Gasteiger partial charge is 0.462 e. The standard InChI is InChI=1S/C25H34O2/c1-3-5-7-9-11-21-12-14-22(15-13-21)23-16-18-24(19-17-23)25(26)27-20-10-8-6-4-2/h12-19H,3-11,20H2,1-2H3. The topological polar surface area (TPSA) is 26.3 Å². The summed E-state index contributed by atoms with van der Waals surface area (Å²) in [6, 6.07) is 16.5. The molecule has 2 nitrogen and oxygen atoms in total. The Morgan fingerprint density at radius 1 is 0.704 bits per heavy atom. The van der Waals surface area contributed by atoms with Crippen LogP contribution in [0.2, 0.25) is 0 Å². The summed E-state index contributed by atoms with van der Waals surface area (Å²) < 4.78 is 5.35. The molecule has 0 heterocycles. The molecule has 0 unspecified atom stereocenters. The molecule has 0 aliphatic heterocycles. The van der Waals surface area contributed by atoms with Gasteiger partial charge in [0, 0.05) is 0 Å². The Kier molecular flexibility index (Phi) is 9.68. The normalized spacial score (nSPS) is 10.7. The van der Waals surface area contributed by atoms with Crippen LogP contribution in [0.1, 0.15) is 81.1 Å². The molecular weight excluding hydrogens is 332 g/mol. The van der Waals surface area contributed by atoms with Crippen LogP contribution in [0.5, 0.6) is 0 Å². The molecule has 0 radical (unpaired) electrons. The average Bonchev–Trinajstić information content (AvgIpc) is 2.71. The second-order valence-corrected chi connectivity index (χ2v) is 7.28. The number of aryl methyl sites for hydroxylation is 1. The Balaban J connectivity index is 1.84. The maximum absolute atomic E-state index is 12.1. The van der Waals surface area contributed by atoms with Gasteiger partial charge in [-0.3, -0.25) is 0 Å². The van der Waals surface area contributed by atoms with Crippen LogP contribution in [0.3, 0.4) is 0 Å². The molecule has 0 aliphatic carbocycles. The molecule has 2 aromatic rings. The zero-order valence-corrected chi connectivity index (χ0v) is 17.0. The SMILES string of the molecule is CCCCCCOC(=O)c1ccc(-c2ccc(CCCCCC)cc2)cc1. The van der Waals surface area contributed by atoms with Gasteiger partial charge in [-0.1, -0.05) is 88.8 Å². The number of hydrogen-bond acceptors (Lipinski definition) is 2. The van der Waals surface area contributed by atoms with E-state index in [0.29, 0.717) is 12.2 Å². The summed E-state index contributed by atoms with van der Waals surface area (Å²) in [6.07, 6.45) is 10.8. The number of unbranched alkanes of at least 4 members (excludes halogenated alkanes) is 6.